The number of carbonyl (C=O) groups excluding carboxylic acids is 3. The van der Waals surface area contributed by atoms with E-state index in [4.69, 9.17) is 4.74 Å². The molecule has 2 rings (SSSR count). The lowest BCUT2D eigenvalue weighted by atomic mass is 10.1. The van der Waals surface area contributed by atoms with Crippen molar-refractivity contribution in [3.05, 3.63) is 54.1 Å². The van der Waals surface area contributed by atoms with E-state index in [2.05, 4.69) is 10.6 Å². The smallest absolute Gasteiger partial charge is 0.314 e. The topological polar surface area (TPSA) is 84.5 Å². The number of rotatable bonds is 5. The number of ketones is 1. The van der Waals surface area contributed by atoms with Gasteiger partial charge in [0.2, 0.25) is 0 Å². The van der Waals surface area contributed by atoms with Crippen LogP contribution in [0.4, 0.5) is 11.4 Å². The van der Waals surface area contributed by atoms with Gasteiger partial charge < -0.3 is 15.4 Å². The van der Waals surface area contributed by atoms with Gasteiger partial charge in [0.1, 0.15) is 5.75 Å². The third-order valence-corrected chi connectivity index (χ3v) is 3.22. The zero-order chi connectivity index (χ0) is 18.4. The molecule has 25 heavy (non-hydrogen) atoms. The Hall–Kier alpha value is -3.15. The van der Waals surface area contributed by atoms with Crippen molar-refractivity contribution in [3.63, 3.8) is 0 Å². The summed E-state index contributed by atoms with van der Waals surface area (Å²) in [7, 11) is 0. The standard InChI is InChI=1S/C19H20N2O4/c1-12(2)25-17-9-7-15(8-10-17)20-18(23)19(24)21-16-6-4-5-14(11-16)13(3)22/h4-12H,1-3H3,(H,20,23)(H,21,24). The molecule has 2 aromatic carbocycles. The van der Waals surface area contributed by atoms with Crippen LogP contribution in [0.1, 0.15) is 31.1 Å². The number of hydrogen-bond donors (Lipinski definition) is 2. The largest absolute Gasteiger partial charge is 0.491 e. The van der Waals surface area contributed by atoms with E-state index in [0.29, 0.717) is 22.7 Å². The van der Waals surface area contributed by atoms with E-state index < -0.39 is 11.8 Å². The van der Waals surface area contributed by atoms with Crippen LogP contribution in [0.2, 0.25) is 0 Å². The van der Waals surface area contributed by atoms with E-state index in [1.807, 2.05) is 13.8 Å². The van der Waals surface area contributed by atoms with Crippen molar-refractivity contribution in [2.24, 2.45) is 0 Å². The van der Waals surface area contributed by atoms with E-state index in [-0.39, 0.29) is 11.9 Å². The molecule has 0 spiro atoms. The van der Waals surface area contributed by atoms with Crippen LogP contribution in [0.3, 0.4) is 0 Å². The summed E-state index contributed by atoms with van der Waals surface area (Å²) in [4.78, 5) is 35.3. The van der Waals surface area contributed by atoms with Crippen LogP contribution in [0.25, 0.3) is 0 Å². The lowest BCUT2D eigenvalue weighted by molar-refractivity contribution is -0.132. The summed E-state index contributed by atoms with van der Waals surface area (Å²) in [6.07, 6.45) is 0.0528. The molecule has 0 aliphatic carbocycles. The van der Waals surface area contributed by atoms with E-state index in [0.717, 1.165) is 0 Å². The van der Waals surface area contributed by atoms with Gasteiger partial charge in [0.25, 0.3) is 0 Å². The second-order valence-corrected chi connectivity index (χ2v) is 5.74. The van der Waals surface area contributed by atoms with Crippen molar-refractivity contribution in [2.45, 2.75) is 26.9 Å². The molecule has 0 saturated carbocycles. The highest BCUT2D eigenvalue weighted by atomic mass is 16.5. The SMILES string of the molecule is CC(=O)c1cccc(NC(=O)C(=O)Nc2ccc(OC(C)C)cc2)c1. The van der Waals surface area contributed by atoms with Gasteiger partial charge in [-0.3, -0.25) is 14.4 Å². The Morgan fingerprint density at radius 3 is 2.04 bits per heavy atom. The lowest BCUT2D eigenvalue weighted by Gasteiger charge is -2.11. The van der Waals surface area contributed by atoms with Crippen LogP contribution < -0.4 is 15.4 Å². The average molecular weight is 340 g/mol. The molecule has 2 N–H and O–H groups in total. The molecule has 2 amide bonds. The average Bonchev–Trinajstić information content (AvgIpc) is 2.56. The maximum absolute atomic E-state index is 12.0. The summed E-state index contributed by atoms with van der Waals surface area (Å²) in [5.74, 6) is -1.06. The summed E-state index contributed by atoms with van der Waals surface area (Å²) >= 11 is 0. The number of amides is 2. The third kappa shape index (κ3) is 5.46. The molecule has 0 unspecified atom stereocenters. The minimum Gasteiger partial charge on any atom is -0.491 e. The Morgan fingerprint density at radius 2 is 1.48 bits per heavy atom. The Kier molecular flexibility index (Phi) is 5.89. The van der Waals surface area contributed by atoms with Gasteiger partial charge >= 0.3 is 11.8 Å². The number of benzene rings is 2. The second-order valence-electron chi connectivity index (χ2n) is 5.74. The normalized spacial score (nSPS) is 10.2. The van der Waals surface area contributed by atoms with E-state index in [1.54, 1.807) is 42.5 Å². The molecule has 0 aliphatic heterocycles. The molecular weight excluding hydrogens is 320 g/mol. The molecular formula is C19H20N2O4. The number of ether oxygens (including phenoxy) is 1. The molecule has 0 heterocycles. The van der Waals surface area contributed by atoms with Gasteiger partial charge in [-0.1, -0.05) is 12.1 Å². The Morgan fingerprint density at radius 1 is 0.880 bits per heavy atom. The van der Waals surface area contributed by atoms with Crippen LogP contribution in [0, 0.1) is 0 Å². The second kappa shape index (κ2) is 8.10. The lowest BCUT2D eigenvalue weighted by Crippen LogP contribution is -2.29. The van der Waals surface area contributed by atoms with E-state index in [1.165, 1.54) is 13.0 Å². The molecule has 0 atom stereocenters. The summed E-state index contributed by atoms with van der Waals surface area (Å²) in [6, 6.07) is 13.1. The van der Waals surface area contributed by atoms with Crippen molar-refractivity contribution in [2.75, 3.05) is 10.6 Å². The van der Waals surface area contributed by atoms with Gasteiger partial charge in [0.05, 0.1) is 6.10 Å². The molecule has 0 radical (unpaired) electrons. The number of hydrogen-bond acceptors (Lipinski definition) is 4. The summed E-state index contributed by atoms with van der Waals surface area (Å²) < 4.78 is 5.51. The molecule has 6 nitrogen and oxygen atoms in total. The monoisotopic (exact) mass is 340 g/mol. The van der Waals surface area contributed by atoms with Crippen LogP contribution in [-0.2, 0) is 9.59 Å². The summed E-state index contributed by atoms with van der Waals surface area (Å²) in [5.41, 5.74) is 1.32. The highest BCUT2D eigenvalue weighted by molar-refractivity contribution is 6.43. The maximum Gasteiger partial charge on any atom is 0.314 e. The molecule has 0 aliphatic rings. The summed E-state index contributed by atoms with van der Waals surface area (Å²) in [6.45, 7) is 5.27. The molecule has 0 bridgehead atoms. The molecule has 0 fully saturated rings. The number of anilines is 2. The Balaban J connectivity index is 1.97. The van der Waals surface area contributed by atoms with Gasteiger partial charge in [-0.05, 0) is 57.2 Å². The highest BCUT2D eigenvalue weighted by Gasteiger charge is 2.14. The molecule has 0 aromatic heterocycles. The Labute approximate surface area is 146 Å². The number of Topliss-reactive ketones (excluding diaryl/α,β-unsaturated/α-hetero) is 1. The van der Waals surface area contributed by atoms with Crippen LogP contribution in [0.5, 0.6) is 5.75 Å². The predicted octanol–water partition coefficient (Wildman–Crippen LogP) is 3.25. The van der Waals surface area contributed by atoms with Crippen LogP contribution >= 0.6 is 0 Å². The van der Waals surface area contributed by atoms with Gasteiger partial charge in [0, 0.05) is 16.9 Å². The van der Waals surface area contributed by atoms with E-state index >= 15 is 0 Å². The third-order valence-electron chi connectivity index (χ3n) is 3.22. The number of nitrogens with one attached hydrogen (secondary N) is 2. The predicted molar refractivity (Wildman–Crippen MR) is 95.9 cm³/mol. The first kappa shape index (κ1) is 18.2. The summed E-state index contributed by atoms with van der Waals surface area (Å²) in [5, 5.41) is 4.97. The fraction of sp³-hybridized carbons (Fsp3) is 0.211. The number of carbonyl (C=O) groups is 3. The fourth-order valence-corrected chi connectivity index (χ4v) is 2.08. The van der Waals surface area contributed by atoms with Gasteiger partial charge in [-0.2, -0.15) is 0 Å². The van der Waals surface area contributed by atoms with Gasteiger partial charge in [-0.25, -0.2) is 0 Å². The van der Waals surface area contributed by atoms with Crippen molar-refractivity contribution in [3.8, 4) is 5.75 Å². The van der Waals surface area contributed by atoms with E-state index in [9.17, 15) is 14.4 Å². The first-order valence-electron chi connectivity index (χ1n) is 7.85. The van der Waals surface area contributed by atoms with Crippen molar-refractivity contribution >= 4 is 29.0 Å². The van der Waals surface area contributed by atoms with Crippen molar-refractivity contribution in [1.82, 2.24) is 0 Å². The molecule has 2 aromatic rings. The van der Waals surface area contributed by atoms with Crippen LogP contribution in [0.15, 0.2) is 48.5 Å². The van der Waals surface area contributed by atoms with Gasteiger partial charge in [-0.15, -0.1) is 0 Å². The van der Waals surface area contributed by atoms with Crippen molar-refractivity contribution < 1.29 is 19.1 Å². The zero-order valence-electron chi connectivity index (χ0n) is 14.3. The zero-order valence-corrected chi connectivity index (χ0v) is 14.3. The maximum atomic E-state index is 12.0. The van der Waals surface area contributed by atoms with Crippen molar-refractivity contribution in [1.29, 1.82) is 0 Å². The fourth-order valence-electron chi connectivity index (χ4n) is 2.08. The molecule has 0 saturated heterocycles. The Bertz CT molecular complexity index is 782. The first-order chi connectivity index (χ1) is 11.8. The minimum absolute atomic E-state index is 0.0528. The molecule has 130 valence electrons. The van der Waals surface area contributed by atoms with Crippen LogP contribution in [-0.4, -0.2) is 23.7 Å². The first-order valence-corrected chi connectivity index (χ1v) is 7.85. The quantitative estimate of drug-likeness (QED) is 0.646. The minimum atomic E-state index is -0.816. The van der Waals surface area contributed by atoms with Gasteiger partial charge in [0.15, 0.2) is 5.78 Å². The highest BCUT2D eigenvalue weighted by Crippen LogP contribution is 2.17. The molecule has 6 heteroatoms.